The minimum atomic E-state index is -1.56. The third-order valence-electron chi connectivity index (χ3n) is 6.96. The first-order valence-electron chi connectivity index (χ1n) is 10.1. The van der Waals surface area contributed by atoms with E-state index in [1.165, 1.54) is 0 Å². The number of carboxylic acid groups (broad SMARTS) is 1. The average Bonchev–Trinajstić information content (AvgIpc) is 3.39. The standard InChI is InChI=1S/C22H19F3N4O3/c1-10-22(9-26)6-11(22)7-28(10)20-16(25)5-13-18(30)14(21(31)32)8-29(19(13)27-20)17-3-2-12(23)4-15(17)24/h2-5,8,10-11H,6-7,9,26H2,1H3,(H,31,32)/t10-,11-,22-/m0/s1. The molecular formula is C22H19F3N4O3. The van der Waals surface area contributed by atoms with E-state index in [9.17, 15) is 23.5 Å². The van der Waals surface area contributed by atoms with E-state index in [-0.39, 0.29) is 34.0 Å². The smallest absolute Gasteiger partial charge is 0.341 e. The van der Waals surface area contributed by atoms with Gasteiger partial charge < -0.3 is 15.7 Å². The van der Waals surface area contributed by atoms with Crippen LogP contribution in [0.15, 0.2) is 35.3 Å². The molecule has 1 aliphatic heterocycles. The molecule has 7 nitrogen and oxygen atoms in total. The Balaban J connectivity index is 1.77. The number of rotatable bonds is 4. The number of halogens is 3. The van der Waals surface area contributed by atoms with Crippen molar-refractivity contribution in [2.75, 3.05) is 18.0 Å². The molecule has 0 bridgehead atoms. The van der Waals surface area contributed by atoms with Crippen molar-refractivity contribution in [3.05, 3.63) is 63.7 Å². The zero-order chi connectivity index (χ0) is 22.9. The molecule has 3 N–H and O–H groups in total. The van der Waals surface area contributed by atoms with Gasteiger partial charge in [-0.3, -0.25) is 9.36 Å². The highest BCUT2D eigenvalue weighted by Crippen LogP contribution is 2.61. The quantitative estimate of drug-likeness (QED) is 0.642. The summed E-state index contributed by atoms with van der Waals surface area (Å²) >= 11 is 0. The number of carboxylic acids is 1. The molecule has 1 aliphatic carbocycles. The lowest BCUT2D eigenvalue weighted by atomic mass is 9.98. The largest absolute Gasteiger partial charge is 0.477 e. The normalized spacial score (nSPS) is 24.1. The molecule has 32 heavy (non-hydrogen) atoms. The van der Waals surface area contributed by atoms with Crippen molar-refractivity contribution in [3.63, 3.8) is 0 Å². The number of piperidine rings is 1. The molecule has 10 heteroatoms. The fourth-order valence-corrected chi connectivity index (χ4v) is 4.98. The lowest BCUT2D eigenvalue weighted by Gasteiger charge is -2.30. The van der Waals surface area contributed by atoms with Gasteiger partial charge in [0, 0.05) is 36.8 Å². The molecular weight excluding hydrogens is 425 g/mol. The van der Waals surface area contributed by atoms with Crippen molar-refractivity contribution in [2.24, 2.45) is 17.1 Å². The van der Waals surface area contributed by atoms with E-state index < -0.39 is 34.4 Å². The second-order valence-electron chi connectivity index (χ2n) is 8.47. The predicted molar refractivity (Wildman–Crippen MR) is 111 cm³/mol. The predicted octanol–water partition coefficient (Wildman–Crippen LogP) is 2.67. The molecule has 3 aromatic rings. The summed E-state index contributed by atoms with van der Waals surface area (Å²) in [6.07, 6.45) is 1.87. The number of nitrogens with zero attached hydrogens (tertiary/aromatic N) is 3. The minimum Gasteiger partial charge on any atom is -0.477 e. The number of hydrogen-bond acceptors (Lipinski definition) is 5. The van der Waals surface area contributed by atoms with Gasteiger partial charge in [-0.15, -0.1) is 0 Å². The monoisotopic (exact) mass is 444 g/mol. The number of anilines is 1. The van der Waals surface area contributed by atoms with Crippen LogP contribution in [-0.2, 0) is 0 Å². The number of nitrogens with two attached hydrogens (primary N) is 1. The number of hydrogen-bond donors (Lipinski definition) is 2. The van der Waals surface area contributed by atoms with Crippen molar-refractivity contribution in [2.45, 2.75) is 19.4 Å². The number of carbonyl (C=O) groups is 1. The molecule has 2 aliphatic rings. The van der Waals surface area contributed by atoms with Crippen LogP contribution in [0.1, 0.15) is 23.7 Å². The van der Waals surface area contributed by atoms with Crippen LogP contribution in [0.25, 0.3) is 16.7 Å². The van der Waals surface area contributed by atoms with Gasteiger partial charge in [0.25, 0.3) is 0 Å². The Kier molecular flexibility index (Phi) is 4.35. The van der Waals surface area contributed by atoms with Gasteiger partial charge in [-0.05, 0) is 37.5 Å². The van der Waals surface area contributed by atoms with Gasteiger partial charge in [0.15, 0.2) is 17.3 Å². The number of aromatic nitrogens is 2. The van der Waals surface area contributed by atoms with Crippen molar-refractivity contribution < 1.29 is 23.1 Å². The maximum Gasteiger partial charge on any atom is 0.341 e. The SMILES string of the molecule is C[C@@H]1N(c2nc3c(cc2F)c(=O)c(C(=O)O)cn3-c2ccc(F)cc2F)C[C@@H]2C[C@@]21CN. The highest BCUT2D eigenvalue weighted by atomic mass is 19.1. The minimum absolute atomic E-state index is 0.0243. The van der Waals surface area contributed by atoms with E-state index in [4.69, 9.17) is 5.73 Å². The van der Waals surface area contributed by atoms with Gasteiger partial charge in [-0.25, -0.2) is 22.9 Å². The van der Waals surface area contributed by atoms with Crippen molar-refractivity contribution in [1.82, 2.24) is 9.55 Å². The Morgan fingerprint density at radius 3 is 2.66 bits per heavy atom. The third-order valence-corrected chi connectivity index (χ3v) is 6.96. The van der Waals surface area contributed by atoms with Gasteiger partial charge >= 0.3 is 5.97 Å². The molecule has 1 aromatic carbocycles. The molecule has 5 rings (SSSR count). The molecule has 3 atom stereocenters. The molecule has 1 saturated carbocycles. The van der Waals surface area contributed by atoms with Crippen LogP contribution in [0.2, 0.25) is 0 Å². The summed E-state index contributed by atoms with van der Waals surface area (Å²) in [5.74, 6) is -3.88. The van der Waals surface area contributed by atoms with Crippen LogP contribution >= 0.6 is 0 Å². The molecule has 0 spiro atoms. The lowest BCUT2D eigenvalue weighted by Crippen LogP contribution is -2.38. The molecule has 0 amide bonds. The molecule has 1 saturated heterocycles. The summed E-state index contributed by atoms with van der Waals surface area (Å²) in [5, 5.41) is 9.11. The Hall–Kier alpha value is -3.40. The maximum atomic E-state index is 15.1. The summed E-state index contributed by atoms with van der Waals surface area (Å²) in [6.45, 7) is 2.93. The fourth-order valence-electron chi connectivity index (χ4n) is 4.98. The third kappa shape index (κ3) is 2.75. The zero-order valence-corrected chi connectivity index (χ0v) is 17.0. The van der Waals surface area contributed by atoms with Gasteiger partial charge in [-0.2, -0.15) is 0 Å². The number of benzene rings is 1. The topological polar surface area (TPSA) is 101 Å². The summed E-state index contributed by atoms with van der Waals surface area (Å²) in [7, 11) is 0. The van der Waals surface area contributed by atoms with Crippen LogP contribution in [0.3, 0.4) is 0 Å². The number of fused-ring (bicyclic) bond motifs is 2. The Morgan fingerprint density at radius 2 is 2.03 bits per heavy atom. The molecule has 0 radical (unpaired) electrons. The van der Waals surface area contributed by atoms with Crippen molar-refractivity contribution in [1.29, 1.82) is 0 Å². The van der Waals surface area contributed by atoms with Crippen LogP contribution in [0, 0.1) is 28.8 Å². The van der Waals surface area contributed by atoms with Crippen LogP contribution in [0.5, 0.6) is 0 Å². The van der Waals surface area contributed by atoms with Crippen LogP contribution in [0.4, 0.5) is 19.0 Å². The van der Waals surface area contributed by atoms with Gasteiger partial charge in [-0.1, -0.05) is 0 Å². The summed E-state index contributed by atoms with van der Waals surface area (Å²) in [6, 6.07) is 3.55. The second kappa shape index (κ2) is 6.80. The van der Waals surface area contributed by atoms with Gasteiger partial charge in [0.2, 0.25) is 5.43 Å². The van der Waals surface area contributed by atoms with Crippen LogP contribution < -0.4 is 16.1 Å². The van der Waals surface area contributed by atoms with E-state index in [0.29, 0.717) is 25.1 Å². The van der Waals surface area contributed by atoms with Crippen LogP contribution in [-0.4, -0.2) is 39.8 Å². The summed E-state index contributed by atoms with van der Waals surface area (Å²) in [4.78, 5) is 30.4. The lowest BCUT2D eigenvalue weighted by molar-refractivity contribution is 0.0695. The van der Waals surface area contributed by atoms with E-state index in [1.807, 2.05) is 6.92 Å². The second-order valence-corrected chi connectivity index (χ2v) is 8.47. The number of aromatic carboxylic acids is 1. The van der Waals surface area contributed by atoms with E-state index in [2.05, 4.69) is 4.98 Å². The van der Waals surface area contributed by atoms with E-state index >= 15 is 4.39 Å². The Labute approximate surface area is 179 Å². The molecule has 3 heterocycles. The zero-order valence-electron chi connectivity index (χ0n) is 17.0. The van der Waals surface area contributed by atoms with Crippen molar-refractivity contribution in [3.8, 4) is 5.69 Å². The molecule has 2 aromatic heterocycles. The first kappa shape index (κ1) is 20.5. The fraction of sp³-hybridized carbons (Fsp3) is 0.318. The van der Waals surface area contributed by atoms with E-state index in [1.54, 1.807) is 4.90 Å². The highest BCUT2D eigenvalue weighted by molar-refractivity contribution is 5.92. The first-order chi connectivity index (χ1) is 15.2. The maximum absolute atomic E-state index is 15.1. The highest BCUT2D eigenvalue weighted by Gasteiger charge is 2.63. The number of pyridine rings is 2. The Bertz CT molecular complexity index is 1350. The van der Waals surface area contributed by atoms with Gasteiger partial charge in [0.1, 0.15) is 17.2 Å². The molecule has 166 valence electrons. The van der Waals surface area contributed by atoms with E-state index in [0.717, 1.165) is 35.4 Å². The summed E-state index contributed by atoms with van der Waals surface area (Å²) < 4.78 is 44.2. The average molecular weight is 444 g/mol. The Morgan fingerprint density at radius 1 is 1.28 bits per heavy atom. The molecule has 2 fully saturated rings. The molecule has 0 unspecified atom stereocenters. The summed E-state index contributed by atoms with van der Waals surface area (Å²) in [5.41, 5.74) is 3.85. The van der Waals surface area contributed by atoms with Crippen molar-refractivity contribution >= 4 is 22.8 Å². The van der Waals surface area contributed by atoms with Gasteiger partial charge in [0.05, 0.1) is 11.1 Å². The first-order valence-corrected chi connectivity index (χ1v) is 10.1.